The average molecular weight is 405 g/mol. The number of carbonyl (C=O) groups excluding carboxylic acids is 1. The largest absolute Gasteiger partial charge is 0.481 e. The van der Waals surface area contributed by atoms with E-state index in [9.17, 15) is 13.2 Å². The summed E-state index contributed by atoms with van der Waals surface area (Å²) in [6, 6.07) is 8.57. The molecule has 0 saturated carbocycles. The number of ether oxygens (including phenoxy) is 2. The van der Waals surface area contributed by atoms with Gasteiger partial charge in [-0.3, -0.25) is 0 Å². The summed E-state index contributed by atoms with van der Waals surface area (Å²) < 4.78 is 38.0. The van der Waals surface area contributed by atoms with Crippen LogP contribution in [0.25, 0.3) is 11.1 Å². The van der Waals surface area contributed by atoms with Crippen LogP contribution in [0.2, 0.25) is 0 Å². The van der Waals surface area contributed by atoms with Gasteiger partial charge in [0, 0.05) is 31.4 Å². The van der Waals surface area contributed by atoms with E-state index in [0.717, 1.165) is 23.1 Å². The Morgan fingerprint density at radius 3 is 2.82 bits per heavy atom. The lowest BCUT2D eigenvalue weighted by molar-refractivity contribution is 0.0738. The number of nitrogens with zero attached hydrogens (tertiary/aromatic N) is 2. The highest BCUT2D eigenvalue weighted by Gasteiger charge is 2.21. The van der Waals surface area contributed by atoms with E-state index >= 15 is 0 Å². The Morgan fingerprint density at radius 1 is 1.29 bits per heavy atom. The van der Waals surface area contributed by atoms with Crippen LogP contribution in [0.4, 0.5) is 4.79 Å². The molecule has 1 aromatic heterocycles. The first-order chi connectivity index (χ1) is 13.4. The number of carbonyl (C=O) groups is 1. The fraction of sp³-hybridized carbons (Fsp3) is 0.368. The molecule has 3 rings (SSSR count). The first-order valence-electron chi connectivity index (χ1n) is 8.94. The molecule has 28 heavy (non-hydrogen) atoms. The van der Waals surface area contributed by atoms with E-state index in [1.807, 2.05) is 13.0 Å². The number of cyclic esters (lactones) is 1. The summed E-state index contributed by atoms with van der Waals surface area (Å²) in [5.41, 5.74) is 2.43. The highest BCUT2D eigenvalue weighted by molar-refractivity contribution is 7.89. The van der Waals surface area contributed by atoms with Crippen LogP contribution < -0.4 is 9.46 Å². The van der Waals surface area contributed by atoms with Gasteiger partial charge in [-0.2, -0.15) is 0 Å². The van der Waals surface area contributed by atoms with E-state index in [2.05, 4.69) is 9.71 Å². The van der Waals surface area contributed by atoms with Gasteiger partial charge in [-0.1, -0.05) is 6.07 Å². The number of sulfonamides is 1. The minimum Gasteiger partial charge on any atom is -0.481 e. The molecule has 0 unspecified atom stereocenters. The molecule has 1 aliphatic rings. The van der Waals surface area contributed by atoms with Gasteiger partial charge in [0.05, 0.1) is 18.6 Å². The van der Waals surface area contributed by atoms with Gasteiger partial charge in [-0.05, 0) is 48.7 Å². The molecule has 1 N–H and O–H groups in total. The van der Waals surface area contributed by atoms with Crippen molar-refractivity contribution in [2.75, 3.05) is 33.4 Å². The SMILES string of the molecule is COc1ncccc1-c1ccc(S(=O)(=O)NCCN2CCCOC2=O)cc1C. The number of benzene rings is 1. The van der Waals surface area contributed by atoms with Crippen LogP contribution in [-0.4, -0.2) is 57.7 Å². The number of hydrogen-bond acceptors (Lipinski definition) is 6. The summed E-state index contributed by atoms with van der Waals surface area (Å²) in [6.45, 7) is 3.21. The van der Waals surface area contributed by atoms with Gasteiger partial charge in [0.2, 0.25) is 15.9 Å². The van der Waals surface area contributed by atoms with Crippen molar-refractivity contribution in [1.82, 2.24) is 14.6 Å². The number of nitrogens with one attached hydrogen (secondary N) is 1. The molecule has 0 atom stereocenters. The first-order valence-corrected chi connectivity index (χ1v) is 10.4. The van der Waals surface area contributed by atoms with Gasteiger partial charge >= 0.3 is 6.09 Å². The van der Waals surface area contributed by atoms with E-state index < -0.39 is 16.1 Å². The van der Waals surface area contributed by atoms with Gasteiger partial charge in [0.1, 0.15) is 0 Å². The van der Waals surface area contributed by atoms with E-state index in [1.54, 1.807) is 37.6 Å². The average Bonchev–Trinajstić information content (AvgIpc) is 2.69. The van der Waals surface area contributed by atoms with Crippen LogP contribution in [-0.2, 0) is 14.8 Å². The number of hydrogen-bond donors (Lipinski definition) is 1. The summed E-state index contributed by atoms with van der Waals surface area (Å²) in [5, 5.41) is 0. The molecule has 9 heteroatoms. The lowest BCUT2D eigenvalue weighted by Crippen LogP contribution is -2.42. The standard InChI is InChI=1S/C19H23N3O5S/c1-14-13-15(6-7-16(14)17-5-3-8-20-18(17)26-2)28(24,25)21-9-11-22-10-4-12-27-19(22)23/h3,5-8,13,21H,4,9-12H2,1-2H3. The smallest absolute Gasteiger partial charge is 0.409 e. The molecule has 1 saturated heterocycles. The number of pyridine rings is 1. The van der Waals surface area contributed by atoms with E-state index in [4.69, 9.17) is 9.47 Å². The summed E-state index contributed by atoms with van der Waals surface area (Å²) in [7, 11) is -2.15. The Kier molecular flexibility index (Phi) is 6.15. The molecule has 1 amide bonds. The maximum absolute atomic E-state index is 12.6. The van der Waals surface area contributed by atoms with Crippen molar-refractivity contribution in [2.24, 2.45) is 0 Å². The van der Waals surface area contributed by atoms with Crippen LogP contribution in [0.1, 0.15) is 12.0 Å². The molecule has 8 nitrogen and oxygen atoms in total. The maximum Gasteiger partial charge on any atom is 0.409 e. The predicted molar refractivity (Wildman–Crippen MR) is 104 cm³/mol. The summed E-state index contributed by atoms with van der Waals surface area (Å²) in [4.78, 5) is 17.4. The van der Waals surface area contributed by atoms with Crippen LogP contribution in [0.5, 0.6) is 5.88 Å². The van der Waals surface area contributed by atoms with Gasteiger partial charge in [0.15, 0.2) is 0 Å². The fourth-order valence-corrected chi connectivity index (χ4v) is 4.17. The van der Waals surface area contributed by atoms with E-state index in [-0.39, 0.29) is 18.0 Å². The normalized spacial score (nSPS) is 14.6. The van der Waals surface area contributed by atoms with Crippen LogP contribution >= 0.6 is 0 Å². The van der Waals surface area contributed by atoms with Crippen LogP contribution in [0, 0.1) is 6.92 Å². The Hall–Kier alpha value is -2.65. The van der Waals surface area contributed by atoms with Gasteiger partial charge in [-0.25, -0.2) is 22.9 Å². The molecule has 0 aliphatic carbocycles. The molecule has 0 bridgehead atoms. The van der Waals surface area contributed by atoms with Crippen molar-refractivity contribution >= 4 is 16.1 Å². The number of aromatic nitrogens is 1. The molecule has 0 radical (unpaired) electrons. The minimum atomic E-state index is -3.69. The molecule has 1 aliphatic heterocycles. The molecule has 2 aromatic rings. The minimum absolute atomic E-state index is 0.120. The van der Waals surface area contributed by atoms with E-state index in [0.29, 0.717) is 19.0 Å². The third-order valence-electron chi connectivity index (χ3n) is 4.49. The highest BCUT2D eigenvalue weighted by atomic mass is 32.2. The van der Waals surface area contributed by atoms with Gasteiger partial charge in [0.25, 0.3) is 0 Å². The van der Waals surface area contributed by atoms with Crippen molar-refractivity contribution in [3.05, 3.63) is 42.1 Å². The Morgan fingerprint density at radius 2 is 2.11 bits per heavy atom. The van der Waals surface area contributed by atoms with Crippen molar-refractivity contribution < 1.29 is 22.7 Å². The van der Waals surface area contributed by atoms with Gasteiger partial charge < -0.3 is 14.4 Å². The summed E-state index contributed by atoms with van der Waals surface area (Å²) in [5.74, 6) is 0.479. The molecule has 1 aromatic carbocycles. The molecule has 150 valence electrons. The Bertz CT molecular complexity index is 962. The topological polar surface area (TPSA) is 97.8 Å². The Labute approximate surface area is 164 Å². The summed E-state index contributed by atoms with van der Waals surface area (Å²) in [6.07, 6.45) is 1.98. The number of amides is 1. The maximum atomic E-state index is 12.6. The first kappa shape index (κ1) is 20.1. The second-order valence-corrected chi connectivity index (χ2v) is 8.16. The Balaban J connectivity index is 1.72. The van der Waals surface area contributed by atoms with Crippen LogP contribution in [0.15, 0.2) is 41.4 Å². The monoisotopic (exact) mass is 405 g/mol. The van der Waals surface area contributed by atoms with E-state index in [1.165, 1.54) is 4.90 Å². The number of aryl methyl sites for hydroxylation is 1. The zero-order valence-electron chi connectivity index (χ0n) is 15.8. The number of methoxy groups -OCH3 is 1. The zero-order valence-corrected chi connectivity index (χ0v) is 16.7. The third-order valence-corrected chi connectivity index (χ3v) is 5.95. The van der Waals surface area contributed by atoms with Crippen molar-refractivity contribution in [3.63, 3.8) is 0 Å². The third kappa shape index (κ3) is 4.42. The second-order valence-electron chi connectivity index (χ2n) is 6.39. The van der Waals surface area contributed by atoms with Gasteiger partial charge in [-0.15, -0.1) is 0 Å². The van der Waals surface area contributed by atoms with Crippen molar-refractivity contribution in [2.45, 2.75) is 18.2 Å². The van der Waals surface area contributed by atoms with Crippen LogP contribution in [0.3, 0.4) is 0 Å². The molecular weight excluding hydrogens is 382 g/mol. The molecule has 2 heterocycles. The summed E-state index contributed by atoms with van der Waals surface area (Å²) >= 11 is 0. The number of rotatable bonds is 7. The van der Waals surface area contributed by atoms with Crippen molar-refractivity contribution in [3.8, 4) is 17.0 Å². The molecule has 1 fully saturated rings. The second kappa shape index (κ2) is 8.57. The fourth-order valence-electron chi connectivity index (χ4n) is 3.06. The molecular formula is C19H23N3O5S. The lowest BCUT2D eigenvalue weighted by atomic mass is 10.0. The predicted octanol–water partition coefficient (Wildman–Crippen LogP) is 2.19. The zero-order chi connectivity index (χ0) is 20.1. The molecule has 0 spiro atoms. The quantitative estimate of drug-likeness (QED) is 0.758. The lowest BCUT2D eigenvalue weighted by Gasteiger charge is -2.26. The highest BCUT2D eigenvalue weighted by Crippen LogP contribution is 2.31. The van der Waals surface area contributed by atoms with Crippen molar-refractivity contribution in [1.29, 1.82) is 0 Å².